The quantitative estimate of drug-likeness (QED) is 0.741. The summed E-state index contributed by atoms with van der Waals surface area (Å²) < 4.78 is 5.23. The van der Waals surface area contributed by atoms with Gasteiger partial charge in [-0.05, 0) is 30.0 Å². The second-order valence-electron chi connectivity index (χ2n) is 4.97. The Hall–Kier alpha value is -2.47. The van der Waals surface area contributed by atoms with Crippen LogP contribution < -0.4 is 0 Å². The number of nitrogens with zero attached hydrogens (tertiary/aromatic N) is 3. The van der Waals surface area contributed by atoms with Crippen LogP contribution in [-0.2, 0) is 6.54 Å². The minimum atomic E-state index is -0.0611. The fraction of sp³-hybridized carbons (Fsp3) is 0.188. The lowest BCUT2D eigenvalue weighted by Crippen LogP contribution is -2.26. The Morgan fingerprint density at radius 2 is 2.09 bits per heavy atom. The largest absolute Gasteiger partial charge is 0.337 e. The molecule has 0 saturated heterocycles. The number of aromatic nitrogens is 2. The van der Waals surface area contributed by atoms with Gasteiger partial charge in [0.05, 0.1) is 11.4 Å². The van der Waals surface area contributed by atoms with Crippen molar-refractivity contribution in [3.8, 4) is 10.7 Å². The summed E-state index contributed by atoms with van der Waals surface area (Å²) in [6.07, 6.45) is 0. The maximum absolute atomic E-state index is 12.4. The van der Waals surface area contributed by atoms with Gasteiger partial charge in [-0.1, -0.05) is 29.4 Å². The molecule has 0 saturated carbocycles. The molecule has 22 heavy (non-hydrogen) atoms. The van der Waals surface area contributed by atoms with E-state index in [1.165, 1.54) is 0 Å². The van der Waals surface area contributed by atoms with E-state index in [2.05, 4.69) is 10.1 Å². The maximum Gasteiger partial charge on any atom is 0.254 e. The summed E-state index contributed by atoms with van der Waals surface area (Å²) in [6, 6.07) is 11.4. The van der Waals surface area contributed by atoms with Gasteiger partial charge in [0.2, 0.25) is 11.7 Å². The smallest absolute Gasteiger partial charge is 0.254 e. The molecule has 0 aliphatic heterocycles. The third kappa shape index (κ3) is 2.92. The molecule has 0 radical (unpaired) electrons. The SMILES string of the molecule is Cc1ccccc1C(=O)N(C)Cc1nc(-c2cccs2)no1. The third-order valence-electron chi connectivity index (χ3n) is 3.30. The van der Waals surface area contributed by atoms with E-state index in [1.807, 2.05) is 48.7 Å². The van der Waals surface area contributed by atoms with Gasteiger partial charge in [0.1, 0.15) is 0 Å². The second kappa shape index (κ2) is 6.11. The van der Waals surface area contributed by atoms with Crippen molar-refractivity contribution < 1.29 is 9.32 Å². The normalized spacial score (nSPS) is 10.6. The van der Waals surface area contributed by atoms with E-state index in [9.17, 15) is 4.79 Å². The minimum absolute atomic E-state index is 0.0611. The molecule has 0 aliphatic rings. The third-order valence-corrected chi connectivity index (χ3v) is 4.17. The number of hydrogen-bond donors (Lipinski definition) is 0. The molecule has 1 aromatic carbocycles. The van der Waals surface area contributed by atoms with Crippen LogP contribution in [0.4, 0.5) is 0 Å². The summed E-state index contributed by atoms with van der Waals surface area (Å²) in [5, 5.41) is 5.91. The number of hydrogen-bond acceptors (Lipinski definition) is 5. The minimum Gasteiger partial charge on any atom is -0.337 e. The summed E-state index contributed by atoms with van der Waals surface area (Å²) in [5.41, 5.74) is 1.63. The average molecular weight is 313 g/mol. The number of aryl methyl sites for hydroxylation is 1. The molecule has 112 valence electrons. The van der Waals surface area contributed by atoms with Crippen molar-refractivity contribution in [2.75, 3.05) is 7.05 Å². The summed E-state index contributed by atoms with van der Waals surface area (Å²) in [5.74, 6) is 0.920. The molecule has 0 fully saturated rings. The molecule has 0 aliphatic carbocycles. The van der Waals surface area contributed by atoms with Crippen molar-refractivity contribution in [2.24, 2.45) is 0 Å². The van der Waals surface area contributed by atoms with Gasteiger partial charge in [-0.25, -0.2) is 0 Å². The highest BCUT2D eigenvalue weighted by atomic mass is 32.1. The van der Waals surface area contributed by atoms with E-state index in [-0.39, 0.29) is 12.5 Å². The van der Waals surface area contributed by atoms with Gasteiger partial charge in [-0.15, -0.1) is 11.3 Å². The fourth-order valence-electron chi connectivity index (χ4n) is 2.12. The Balaban J connectivity index is 1.73. The fourth-order valence-corrected chi connectivity index (χ4v) is 2.77. The molecule has 0 N–H and O–H groups in total. The lowest BCUT2D eigenvalue weighted by atomic mass is 10.1. The van der Waals surface area contributed by atoms with Crippen LogP contribution in [0.3, 0.4) is 0 Å². The van der Waals surface area contributed by atoms with E-state index in [4.69, 9.17) is 4.52 Å². The van der Waals surface area contributed by atoms with Crippen molar-refractivity contribution >= 4 is 17.2 Å². The number of thiophene rings is 1. The maximum atomic E-state index is 12.4. The van der Waals surface area contributed by atoms with Gasteiger partial charge in [0, 0.05) is 12.6 Å². The molecular weight excluding hydrogens is 298 g/mol. The zero-order valence-electron chi connectivity index (χ0n) is 12.3. The van der Waals surface area contributed by atoms with Crippen LogP contribution in [0.5, 0.6) is 0 Å². The van der Waals surface area contributed by atoms with Crippen LogP contribution in [0.2, 0.25) is 0 Å². The highest BCUT2D eigenvalue weighted by Crippen LogP contribution is 2.21. The van der Waals surface area contributed by atoms with Gasteiger partial charge < -0.3 is 9.42 Å². The topological polar surface area (TPSA) is 59.2 Å². The number of carbonyl (C=O) groups is 1. The van der Waals surface area contributed by atoms with Crippen LogP contribution in [0.15, 0.2) is 46.3 Å². The Morgan fingerprint density at radius 1 is 1.27 bits per heavy atom. The van der Waals surface area contributed by atoms with Crippen molar-refractivity contribution in [2.45, 2.75) is 13.5 Å². The summed E-state index contributed by atoms with van der Waals surface area (Å²) in [7, 11) is 1.73. The molecule has 0 atom stereocenters. The van der Waals surface area contributed by atoms with Crippen LogP contribution in [0, 0.1) is 6.92 Å². The Bertz CT molecular complexity index is 780. The molecule has 6 heteroatoms. The number of benzene rings is 1. The summed E-state index contributed by atoms with van der Waals surface area (Å²) in [6.45, 7) is 2.20. The van der Waals surface area contributed by atoms with Gasteiger partial charge in [-0.3, -0.25) is 4.79 Å². The lowest BCUT2D eigenvalue weighted by Gasteiger charge is -2.16. The molecule has 0 unspecified atom stereocenters. The number of rotatable bonds is 4. The number of carbonyl (C=O) groups excluding carboxylic acids is 1. The van der Waals surface area contributed by atoms with E-state index < -0.39 is 0 Å². The first-order chi connectivity index (χ1) is 10.6. The Labute approximate surface area is 132 Å². The molecule has 0 bridgehead atoms. The monoisotopic (exact) mass is 313 g/mol. The zero-order valence-corrected chi connectivity index (χ0v) is 13.1. The molecule has 2 heterocycles. The first kappa shape index (κ1) is 14.5. The van der Waals surface area contributed by atoms with Crippen molar-refractivity contribution in [1.82, 2.24) is 15.0 Å². The van der Waals surface area contributed by atoms with E-state index >= 15 is 0 Å². The molecular formula is C16H15N3O2S. The molecule has 3 aromatic rings. The van der Waals surface area contributed by atoms with E-state index in [0.717, 1.165) is 10.4 Å². The van der Waals surface area contributed by atoms with E-state index in [1.54, 1.807) is 23.3 Å². The second-order valence-corrected chi connectivity index (χ2v) is 5.91. The molecule has 0 spiro atoms. The lowest BCUT2D eigenvalue weighted by molar-refractivity contribution is 0.0769. The van der Waals surface area contributed by atoms with Crippen molar-refractivity contribution in [3.05, 3.63) is 58.8 Å². The average Bonchev–Trinajstić information content (AvgIpc) is 3.17. The molecule has 2 aromatic heterocycles. The van der Waals surface area contributed by atoms with Gasteiger partial charge in [0.15, 0.2) is 0 Å². The predicted octanol–water partition coefficient (Wildman–Crippen LogP) is 3.38. The van der Waals surface area contributed by atoms with Crippen molar-refractivity contribution in [3.63, 3.8) is 0 Å². The van der Waals surface area contributed by atoms with Crippen LogP contribution in [0.25, 0.3) is 10.7 Å². The van der Waals surface area contributed by atoms with Gasteiger partial charge >= 0.3 is 0 Å². The first-order valence-corrected chi connectivity index (χ1v) is 7.70. The Morgan fingerprint density at radius 3 is 2.82 bits per heavy atom. The first-order valence-electron chi connectivity index (χ1n) is 6.82. The van der Waals surface area contributed by atoms with Crippen molar-refractivity contribution in [1.29, 1.82) is 0 Å². The van der Waals surface area contributed by atoms with Gasteiger partial charge in [0.25, 0.3) is 5.91 Å². The predicted molar refractivity (Wildman–Crippen MR) is 84.6 cm³/mol. The Kier molecular flexibility index (Phi) is 4.02. The summed E-state index contributed by atoms with van der Waals surface area (Å²) >= 11 is 1.55. The van der Waals surface area contributed by atoms with Crippen LogP contribution in [0.1, 0.15) is 21.8 Å². The standard InChI is InChI=1S/C16H15N3O2S/c1-11-6-3-4-7-12(11)16(20)19(2)10-14-17-15(18-21-14)13-8-5-9-22-13/h3-9H,10H2,1-2H3. The molecule has 1 amide bonds. The zero-order chi connectivity index (χ0) is 15.5. The van der Waals surface area contributed by atoms with Gasteiger partial charge in [-0.2, -0.15) is 4.98 Å². The molecule has 5 nitrogen and oxygen atoms in total. The highest BCUT2D eigenvalue weighted by molar-refractivity contribution is 7.13. The highest BCUT2D eigenvalue weighted by Gasteiger charge is 2.17. The summed E-state index contributed by atoms with van der Waals surface area (Å²) in [4.78, 5) is 19.3. The van der Waals surface area contributed by atoms with Crippen LogP contribution in [-0.4, -0.2) is 28.0 Å². The molecule has 3 rings (SSSR count). The van der Waals surface area contributed by atoms with E-state index in [0.29, 0.717) is 17.3 Å². The van der Waals surface area contributed by atoms with Crippen LogP contribution >= 0.6 is 11.3 Å². The number of amides is 1.